The molecule has 0 amide bonds. The molecule has 6 heteroatoms. The maximum Gasteiger partial charge on any atom is 0.306 e. The van der Waals surface area contributed by atoms with E-state index in [0.717, 1.165) is 64.2 Å². The Hall–Kier alpha value is -1.59. The Balaban J connectivity index is 3.88. The molecule has 0 bridgehead atoms. The van der Waals surface area contributed by atoms with E-state index in [1.807, 2.05) is 0 Å². The molecule has 0 saturated carbocycles. The Bertz CT molecular complexity index is 1030. The molecule has 0 N–H and O–H groups in total. The summed E-state index contributed by atoms with van der Waals surface area (Å²) in [6.07, 6.45) is 67.5. The lowest BCUT2D eigenvalue weighted by Crippen LogP contribution is -2.30. The van der Waals surface area contributed by atoms with Gasteiger partial charge in [0.05, 0.1) is 0 Å². The molecule has 0 heterocycles. The Morgan fingerprint density at radius 3 is 0.580 bits per heavy atom. The second kappa shape index (κ2) is 59.0. The van der Waals surface area contributed by atoms with Crippen LogP contribution in [0.2, 0.25) is 0 Å². The van der Waals surface area contributed by atoms with Crippen LogP contribution in [0.3, 0.4) is 0 Å². The highest BCUT2D eigenvalue weighted by Crippen LogP contribution is 2.19. The molecule has 6 nitrogen and oxygen atoms in total. The molecule has 69 heavy (non-hydrogen) atoms. The third-order valence-electron chi connectivity index (χ3n) is 14.6. The van der Waals surface area contributed by atoms with Crippen LogP contribution in [0.15, 0.2) is 0 Å². The van der Waals surface area contributed by atoms with Gasteiger partial charge in [0, 0.05) is 19.3 Å². The second-order valence-electron chi connectivity index (χ2n) is 21.7. The summed E-state index contributed by atoms with van der Waals surface area (Å²) in [6.45, 7) is 6.63. The van der Waals surface area contributed by atoms with E-state index in [2.05, 4.69) is 20.8 Å². The van der Waals surface area contributed by atoms with Gasteiger partial charge in [0.2, 0.25) is 0 Å². The van der Waals surface area contributed by atoms with Crippen molar-refractivity contribution >= 4 is 17.9 Å². The van der Waals surface area contributed by atoms with Crippen LogP contribution in [0.1, 0.15) is 367 Å². The lowest BCUT2D eigenvalue weighted by Gasteiger charge is -2.18. The van der Waals surface area contributed by atoms with Gasteiger partial charge in [-0.2, -0.15) is 0 Å². The average Bonchev–Trinajstić information content (AvgIpc) is 3.35. The highest BCUT2D eigenvalue weighted by molar-refractivity contribution is 5.71. The number of hydrogen-bond acceptors (Lipinski definition) is 6. The molecule has 1 unspecified atom stereocenters. The smallest absolute Gasteiger partial charge is 0.306 e. The summed E-state index contributed by atoms with van der Waals surface area (Å²) >= 11 is 0. The highest BCUT2D eigenvalue weighted by atomic mass is 16.6. The zero-order chi connectivity index (χ0) is 50.0. The van der Waals surface area contributed by atoms with E-state index in [-0.39, 0.29) is 31.1 Å². The zero-order valence-electron chi connectivity index (χ0n) is 47.1. The van der Waals surface area contributed by atoms with Crippen LogP contribution in [0.4, 0.5) is 0 Å². The predicted octanol–water partition coefficient (Wildman–Crippen LogP) is 21.1. The number of unbranched alkanes of at least 4 members (excludes halogenated alkanes) is 48. The molecule has 0 aliphatic carbocycles. The van der Waals surface area contributed by atoms with E-state index >= 15 is 0 Å². The topological polar surface area (TPSA) is 78.9 Å². The van der Waals surface area contributed by atoms with Gasteiger partial charge in [-0.3, -0.25) is 14.4 Å². The molecule has 0 spiro atoms. The van der Waals surface area contributed by atoms with Crippen LogP contribution in [0.25, 0.3) is 0 Å². The van der Waals surface area contributed by atoms with Crippen molar-refractivity contribution in [2.24, 2.45) is 0 Å². The van der Waals surface area contributed by atoms with Crippen LogP contribution in [0.5, 0.6) is 0 Å². The third kappa shape index (κ3) is 57.2. The minimum atomic E-state index is -0.759. The van der Waals surface area contributed by atoms with Crippen molar-refractivity contribution in [2.75, 3.05) is 13.2 Å². The monoisotopic (exact) mass is 975 g/mol. The zero-order valence-corrected chi connectivity index (χ0v) is 47.1. The van der Waals surface area contributed by atoms with Crippen molar-refractivity contribution in [1.82, 2.24) is 0 Å². The van der Waals surface area contributed by atoms with Crippen molar-refractivity contribution in [3.05, 3.63) is 0 Å². The molecule has 0 aromatic rings. The fourth-order valence-electron chi connectivity index (χ4n) is 9.86. The molecular weight excluding hydrogens is 853 g/mol. The van der Waals surface area contributed by atoms with Gasteiger partial charge in [-0.1, -0.05) is 329 Å². The summed E-state index contributed by atoms with van der Waals surface area (Å²) in [5, 5.41) is 0. The molecule has 0 aromatic carbocycles. The molecule has 0 fully saturated rings. The maximum atomic E-state index is 12.8. The molecule has 410 valence electrons. The standard InChI is InChI=1S/C63H122O6/c1-4-7-10-13-15-17-19-21-23-25-26-27-28-29-30-31-32-33-34-35-36-37-38-40-41-43-45-47-50-53-56-62(65)68-59-60(58-67-61(64)55-52-49-12-9-6-3)69-63(66)57-54-51-48-46-44-42-39-24-22-20-18-16-14-11-8-5-2/h60H,4-59H2,1-3H3. The first kappa shape index (κ1) is 67.4. The minimum absolute atomic E-state index is 0.0626. The number of ether oxygens (including phenoxy) is 3. The van der Waals surface area contributed by atoms with Crippen LogP contribution in [-0.2, 0) is 28.6 Å². The Kier molecular flexibility index (Phi) is 57.6. The van der Waals surface area contributed by atoms with Gasteiger partial charge < -0.3 is 14.2 Å². The van der Waals surface area contributed by atoms with Crippen molar-refractivity contribution in [3.63, 3.8) is 0 Å². The second-order valence-corrected chi connectivity index (χ2v) is 21.7. The number of esters is 3. The SMILES string of the molecule is CCCCCCCCCCCCCCCCCCCCCCCCCCCCCCCCC(=O)OCC(COC(=O)CCCCCCC)OC(=O)CCCCCCCCCCCCCCCCCC. The van der Waals surface area contributed by atoms with Gasteiger partial charge in [-0.25, -0.2) is 0 Å². The lowest BCUT2D eigenvalue weighted by molar-refractivity contribution is -0.167. The van der Waals surface area contributed by atoms with Crippen molar-refractivity contribution in [2.45, 2.75) is 374 Å². The fraction of sp³-hybridized carbons (Fsp3) is 0.952. The summed E-state index contributed by atoms with van der Waals surface area (Å²) in [6, 6.07) is 0. The Morgan fingerprint density at radius 1 is 0.232 bits per heavy atom. The van der Waals surface area contributed by atoms with Crippen molar-refractivity contribution in [3.8, 4) is 0 Å². The highest BCUT2D eigenvalue weighted by Gasteiger charge is 2.19. The van der Waals surface area contributed by atoms with Crippen molar-refractivity contribution in [1.29, 1.82) is 0 Å². The van der Waals surface area contributed by atoms with Gasteiger partial charge >= 0.3 is 17.9 Å². The van der Waals surface area contributed by atoms with Gasteiger partial charge in [0.15, 0.2) is 6.10 Å². The van der Waals surface area contributed by atoms with Crippen LogP contribution >= 0.6 is 0 Å². The minimum Gasteiger partial charge on any atom is -0.462 e. The lowest BCUT2D eigenvalue weighted by atomic mass is 10.0. The van der Waals surface area contributed by atoms with E-state index in [1.165, 1.54) is 263 Å². The largest absolute Gasteiger partial charge is 0.462 e. The number of hydrogen-bond donors (Lipinski definition) is 0. The van der Waals surface area contributed by atoms with Gasteiger partial charge in [0.25, 0.3) is 0 Å². The Labute approximate surface area is 431 Å². The van der Waals surface area contributed by atoms with Gasteiger partial charge in [-0.05, 0) is 19.3 Å². The van der Waals surface area contributed by atoms with E-state index in [0.29, 0.717) is 19.3 Å². The van der Waals surface area contributed by atoms with E-state index in [4.69, 9.17) is 14.2 Å². The molecule has 0 rings (SSSR count). The van der Waals surface area contributed by atoms with Crippen LogP contribution < -0.4 is 0 Å². The first-order chi connectivity index (χ1) is 34.0. The van der Waals surface area contributed by atoms with Gasteiger partial charge in [0.1, 0.15) is 13.2 Å². The predicted molar refractivity (Wildman–Crippen MR) is 298 cm³/mol. The normalized spacial score (nSPS) is 11.9. The molecular formula is C63H122O6. The van der Waals surface area contributed by atoms with E-state index in [9.17, 15) is 14.4 Å². The quantitative estimate of drug-likeness (QED) is 0.0343. The molecule has 0 aliphatic rings. The van der Waals surface area contributed by atoms with Crippen LogP contribution in [0, 0.1) is 0 Å². The summed E-state index contributed by atoms with van der Waals surface area (Å²) < 4.78 is 16.8. The first-order valence-corrected chi connectivity index (χ1v) is 31.5. The van der Waals surface area contributed by atoms with Crippen molar-refractivity contribution < 1.29 is 28.6 Å². The number of carbonyl (C=O) groups is 3. The molecule has 0 aliphatic heterocycles. The van der Waals surface area contributed by atoms with E-state index in [1.54, 1.807) is 0 Å². The molecule has 0 radical (unpaired) electrons. The molecule has 1 atom stereocenters. The number of carbonyl (C=O) groups excluding carboxylic acids is 3. The Morgan fingerprint density at radius 2 is 0.391 bits per heavy atom. The number of rotatable bonds is 59. The van der Waals surface area contributed by atoms with Gasteiger partial charge in [-0.15, -0.1) is 0 Å². The molecule has 0 aromatic heterocycles. The first-order valence-electron chi connectivity index (χ1n) is 31.5. The summed E-state index contributed by atoms with van der Waals surface area (Å²) in [7, 11) is 0. The summed E-state index contributed by atoms with van der Waals surface area (Å²) in [5.41, 5.74) is 0. The summed E-state index contributed by atoms with van der Waals surface area (Å²) in [4.78, 5) is 37.8. The fourth-order valence-corrected chi connectivity index (χ4v) is 9.86. The summed E-state index contributed by atoms with van der Waals surface area (Å²) in [5.74, 6) is -0.850. The third-order valence-corrected chi connectivity index (χ3v) is 14.6. The van der Waals surface area contributed by atoms with E-state index < -0.39 is 6.10 Å². The maximum absolute atomic E-state index is 12.8. The van der Waals surface area contributed by atoms with Crippen LogP contribution in [-0.4, -0.2) is 37.2 Å². The molecule has 0 saturated heterocycles. The average molecular weight is 976 g/mol.